The van der Waals surface area contributed by atoms with E-state index in [4.69, 9.17) is 10.7 Å². The number of nitrogens with two attached hydrogens (primary N) is 1. The molecule has 0 saturated heterocycles. The Morgan fingerprint density at radius 2 is 1.44 bits per heavy atom. The van der Waals surface area contributed by atoms with E-state index in [2.05, 4.69) is 65.2 Å². The molecule has 0 aliphatic carbocycles. The van der Waals surface area contributed by atoms with Gasteiger partial charge < -0.3 is 10.3 Å². The normalized spacial score (nSPS) is 11.0. The Kier molecular flexibility index (Phi) is 4.21. The highest BCUT2D eigenvalue weighted by Gasteiger charge is 2.11. The van der Waals surface area contributed by atoms with E-state index in [1.54, 1.807) is 0 Å². The Bertz CT molecular complexity index is 969. The van der Waals surface area contributed by atoms with Gasteiger partial charge in [-0.1, -0.05) is 54.6 Å². The molecular weight excluding hydrogens is 306 g/mol. The number of aromatic nitrogens is 2. The van der Waals surface area contributed by atoms with Crippen LogP contribution in [0.1, 0.15) is 17.0 Å². The first-order valence-electron chi connectivity index (χ1n) is 8.62. The number of anilines is 1. The zero-order valence-corrected chi connectivity index (χ0v) is 14.1. The van der Waals surface area contributed by atoms with Crippen molar-refractivity contribution in [2.24, 2.45) is 0 Å². The third-order valence-electron chi connectivity index (χ3n) is 4.53. The zero-order valence-electron chi connectivity index (χ0n) is 14.1. The van der Waals surface area contributed by atoms with Crippen LogP contribution in [0.15, 0.2) is 78.9 Å². The summed E-state index contributed by atoms with van der Waals surface area (Å²) in [4.78, 5) is 4.88. The van der Waals surface area contributed by atoms with Crippen molar-refractivity contribution in [3.05, 3.63) is 95.8 Å². The van der Waals surface area contributed by atoms with Crippen molar-refractivity contribution in [1.29, 1.82) is 0 Å². The quantitative estimate of drug-likeness (QED) is 0.550. The topological polar surface area (TPSA) is 43.8 Å². The first kappa shape index (κ1) is 15.5. The van der Waals surface area contributed by atoms with Gasteiger partial charge in [-0.25, -0.2) is 4.98 Å². The number of nitrogens with zero attached hydrogens (tertiary/aromatic N) is 2. The summed E-state index contributed by atoms with van der Waals surface area (Å²) >= 11 is 0. The predicted octanol–water partition coefficient (Wildman–Crippen LogP) is 4.45. The predicted molar refractivity (Wildman–Crippen MR) is 104 cm³/mol. The number of fused-ring (bicyclic) bond motifs is 1. The minimum atomic E-state index is 0.795. The van der Waals surface area contributed by atoms with E-state index in [0.717, 1.165) is 36.4 Å². The van der Waals surface area contributed by atoms with Crippen LogP contribution in [0.25, 0.3) is 11.0 Å². The zero-order chi connectivity index (χ0) is 17.1. The first-order chi connectivity index (χ1) is 12.3. The molecule has 4 aromatic rings. The van der Waals surface area contributed by atoms with Crippen molar-refractivity contribution in [1.82, 2.24) is 9.55 Å². The van der Waals surface area contributed by atoms with Crippen LogP contribution in [0, 0.1) is 0 Å². The fourth-order valence-electron chi connectivity index (χ4n) is 3.20. The lowest BCUT2D eigenvalue weighted by atomic mass is 10.1. The molecule has 4 rings (SSSR count). The lowest BCUT2D eigenvalue weighted by molar-refractivity contribution is 0.730. The second kappa shape index (κ2) is 6.81. The molecule has 3 heteroatoms. The van der Waals surface area contributed by atoms with Gasteiger partial charge in [-0.2, -0.15) is 0 Å². The Morgan fingerprint density at radius 1 is 0.720 bits per heavy atom. The molecule has 1 heterocycles. The smallest absolute Gasteiger partial charge is 0.110 e. The Hall–Kier alpha value is -3.07. The van der Waals surface area contributed by atoms with E-state index in [9.17, 15) is 0 Å². The van der Waals surface area contributed by atoms with Crippen molar-refractivity contribution >= 4 is 16.7 Å². The molecule has 3 aromatic carbocycles. The van der Waals surface area contributed by atoms with Crippen molar-refractivity contribution in [3.63, 3.8) is 0 Å². The summed E-state index contributed by atoms with van der Waals surface area (Å²) in [6.07, 6.45) is 1.92. The van der Waals surface area contributed by atoms with E-state index in [1.807, 2.05) is 18.2 Å². The number of benzene rings is 3. The second-order valence-corrected chi connectivity index (χ2v) is 6.33. The lowest BCUT2D eigenvalue weighted by Gasteiger charge is -2.10. The highest BCUT2D eigenvalue weighted by Crippen LogP contribution is 2.20. The number of hydrogen-bond acceptors (Lipinski definition) is 2. The summed E-state index contributed by atoms with van der Waals surface area (Å²) in [5.41, 5.74) is 11.4. The van der Waals surface area contributed by atoms with Gasteiger partial charge in [-0.05, 0) is 41.8 Å². The molecule has 0 bridgehead atoms. The van der Waals surface area contributed by atoms with Crippen LogP contribution in [0.3, 0.4) is 0 Å². The third-order valence-corrected chi connectivity index (χ3v) is 4.53. The molecular formula is C22H21N3. The molecule has 0 unspecified atom stereocenters. The first-order valence-corrected chi connectivity index (χ1v) is 8.62. The Balaban J connectivity index is 1.66. The van der Waals surface area contributed by atoms with Gasteiger partial charge in [0.1, 0.15) is 5.82 Å². The van der Waals surface area contributed by atoms with E-state index in [1.165, 1.54) is 16.6 Å². The molecule has 0 amide bonds. The van der Waals surface area contributed by atoms with E-state index >= 15 is 0 Å². The lowest BCUT2D eigenvalue weighted by Crippen LogP contribution is -2.06. The minimum absolute atomic E-state index is 0.795. The van der Waals surface area contributed by atoms with Crippen LogP contribution in [-0.2, 0) is 19.4 Å². The molecule has 0 aliphatic heterocycles. The van der Waals surface area contributed by atoms with Gasteiger partial charge >= 0.3 is 0 Å². The molecule has 0 aliphatic rings. The van der Waals surface area contributed by atoms with Crippen molar-refractivity contribution in [2.75, 3.05) is 5.73 Å². The standard InChI is InChI=1S/C22H21N3/c23-19-13-10-18(11-14-19)16-25-21-9-5-4-8-20(21)24-22(25)15-12-17-6-2-1-3-7-17/h1-11,13-14H,12,15-16,23H2. The largest absolute Gasteiger partial charge is 0.399 e. The average Bonchev–Trinajstić information content (AvgIpc) is 3.00. The average molecular weight is 327 g/mol. The molecule has 0 radical (unpaired) electrons. The Morgan fingerprint density at radius 3 is 2.24 bits per heavy atom. The minimum Gasteiger partial charge on any atom is -0.399 e. The van der Waals surface area contributed by atoms with Crippen molar-refractivity contribution in [2.45, 2.75) is 19.4 Å². The molecule has 1 aromatic heterocycles. The summed E-state index contributed by atoms with van der Waals surface area (Å²) in [6, 6.07) is 27.0. The summed E-state index contributed by atoms with van der Waals surface area (Å²) in [5, 5.41) is 0. The maximum absolute atomic E-state index is 5.81. The molecule has 3 nitrogen and oxygen atoms in total. The Labute approximate surface area is 147 Å². The number of rotatable bonds is 5. The highest BCUT2D eigenvalue weighted by atomic mass is 15.1. The second-order valence-electron chi connectivity index (χ2n) is 6.33. The monoisotopic (exact) mass is 327 g/mol. The van der Waals surface area contributed by atoms with Crippen molar-refractivity contribution in [3.8, 4) is 0 Å². The molecule has 124 valence electrons. The maximum Gasteiger partial charge on any atom is 0.110 e. The van der Waals surface area contributed by atoms with Crippen LogP contribution in [0.2, 0.25) is 0 Å². The van der Waals surface area contributed by atoms with Crippen LogP contribution >= 0.6 is 0 Å². The molecule has 0 saturated carbocycles. The maximum atomic E-state index is 5.81. The van der Waals surface area contributed by atoms with Gasteiger partial charge in [0.05, 0.1) is 11.0 Å². The third kappa shape index (κ3) is 3.41. The van der Waals surface area contributed by atoms with Gasteiger partial charge in [-0.3, -0.25) is 0 Å². The fourth-order valence-corrected chi connectivity index (χ4v) is 3.20. The van der Waals surface area contributed by atoms with Gasteiger partial charge in [0.2, 0.25) is 0 Å². The summed E-state index contributed by atoms with van der Waals surface area (Å²) in [6.45, 7) is 0.810. The summed E-state index contributed by atoms with van der Waals surface area (Å²) in [7, 11) is 0. The number of aryl methyl sites for hydroxylation is 2. The number of hydrogen-bond donors (Lipinski definition) is 1. The van der Waals surface area contributed by atoms with Crippen LogP contribution in [0.5, 0.6) is 0 Å². The molecule has 0 atom stereocenters. The number of nitrogen functional groups attached to an aromatic ring is 1. The van der Waals surface area contributed by atoms with Gasteiger partial charge in [0.25, 0.3) is 0 Å². The van der Waals surface area contributed by atoms with E-state index < -0.39 is 0 Å². The van der Waals surface area contributed by atoms with Gasteiger partial charge in [0, 0.05) is 18.7 Å². The summed E-state index contributed by atoms with van der Waals surface area (Å²) in [5.74, 6) is 1.13. The van der Waals surface area contributed by atoms with Crippen LogP contribution in [-0.4, -0.2) is 9.55 Å². The van der Waals surface area contributed by atoms with Crippen LogP contribution in [0.4, 0.5) is 5.69 Å². The number of imidazole rings is 1. The molecule has 2 N–H and O–H groups in total. The highest BCUT2D eigenvalue weighted by molar-refractivity contribution is 5.76. The molecule has 25 heavy (non-hydrogen) atoms. The van der Waals surface area contributed by atoms with Gasteiger partial charge in [-0.15, -0.1) is 0 Å². The van der Waals surface area contributed by atoms with Gasteiger partial charge in [0.15, 0.2) is 0 Å². The number of para-hydroxylation sites is 2. The fraction of sp³-hybridized carbons (Fsp3) is 0.136. The molecule has 0 spiro atoms. The SMILES string of the molecule is Nc1ccc(Cn2c(CCc3ccccc3)nc3ccccc32)cc1. The molecule has 0 fully saturated rings. The van der Waals surface area contributed by atoms with E-state index in [0.29, 0.717) is 0 Å². The van der Waals surface area contributed by atoms with Crippen LogP contribution < -0.4 is 5.73 Å². The van der Waals surface area contributed by atoms with Crippen molar-refractivity contribution < 1.29 is 0 Å². The van der Waals surface area contributed by atoms with E-state index in [-0.39, 0.29) is 0 Å². The summed E-state index contributed by atoms with van der Waals surface area (Å²) < 4.78 is 2.32.